The van der Waals surface area contributed by atoms with Crippen LogP contribution < -0.4 is 0 Å². The normalized spacial score (nSPS) is 23.4. The van der Waals surface area contributed by atoms with Crippen LogP contribution >= 0.6 is 0 Å². The van der Waals surface area contributed by atoms with E-state index >= 15 is 0 Å². The number of amides is 1. The van der Waals surface area contributed by atoms with Crippen LogP contribution in [-0.2, 0) is 4.79 Å². The Morgan fingerprint density at radius 2 is 1.91 bits per heavy atom. The summed E-state index contributed by atoms with van der Waals surface area (Å²) in [5, 5.41) is 0. The Morgan fingerprint density at radius 1 is 1.45 bits per heavy atom. The van der Waals surface area contributed by atoms with Gasteiger partial charge in [0, 0.05) is 20.0 Å². The highest BCUT2D eigenvalue weighted by molar-refractivity contribution is 5.73. The van der Waals surface area contributed by atoms with Crippen LogP contribution in [0.2, 0.25) is 0 Å². The van der Waals surface area contributed by atoms with Crippen LogP contribution in [0, 0.1) is 0 Å². The van der Waals surface area contributed by atoms with Gasteiger partial charge in [-0.25, -0.2) is 4.39 Å². The highest BCUT2D eigenvalue weighted by Crippen LogP contribution is 2.25. The highest BCUT2D eigenvalue weighted by Gasteiger charge is 2.29. The minimum atomic E-state index is -1.05. The molecule has 1 fully saturated rings. The zero-order valence-electron chi connectivity index (χ0n) is 7.06. The summed E-state index contributed by atoms with van der Waals surface area (Å²) in [6.45, 7) is 4.27. The summed E-state index contributed by atoms with van der Waals surface area (Å²) in [6.07, 6.45) is 0.958. The first-order chi connectivity index (χ1) is 5.01. The number of alkyl halides is 1. The van der Waals surface area contributed by atoms with Crippen molar-refractivity contribution in [2.45, 2.75) is 32.4 Å². The zero-order valence-corrected chi connectivity index (χ0v) is 7.06. The first-order valence-electron chi connectivity index (χ1n) is 3.96. The van der Waals surface area contributed by atoms with Crippen molar-refractivity contribution in [1.29, 1.82) is 0 Å². The first-order valence-corrected chi connectivity index (χ1v) is 3.96. The van der Waals surface area contributed by atoms with E-state index in [4.69, 9.17) is 0 Å². The molecule has 64 valence electrons. The minimum Gasteiger partial charge on any atom is -0.343 e. The van der Waals surface area contributed by atoms with Crippen LogP contribution in [0.4, 0.5) is 4.39 Å². The summed E-state index contributed by atoms with van der Waals surface area (Å²) >= 11 is 0. The van der Waals surface area contributed by atoms with Gasteiger partial charge in [0.1, 0.15) is 5.67 Å². The van der Waals surface area contributed by atoms with E-state index in [0.717, 1.165) is 0 Å². The Hall–Kier alpha value is -0.600. The molecule has 1 saturated heterocycles. The lowest BCUT2D eigenvalue weighted by Crippen LogP contribution is -2.42. The van der Waals surface area contributed by atoms with Gasteiger partial charge >= 0.3 is 0 Å². The smallest absolute Gasteiger partial charge is 0.219 e. The quantitative estimate of drug-likeness (QED) is 0.522. The van der Waals surface area contributed by atoms with E-state index in [2.05, 4.69) is 0 Å². The standard InChI is InChI=1S/C8H14FNO/c1-7(11)10-5-3-8(2,9)4-6-10/h3-6H2,1-2H3. The van der Waals surface area contributed by atoms with Crippen LogP contribution in [0.25, 0.3) is 0 Å². The van der Waals surface area contributed by atoms with Gasteiger partial charge in [0.15, 0.2) is 0 Å². The van der Waals surface area contributed by atoms with Gasteiger partial charge in [0.25, 0.3) is 0 Å². The van der Waals surface area contributed by atoms with Gasteiger partial charge in [-0.1, -0.05) is 0 Å². The van der Waals surface area contributed by atoms with Gasteiger partial charge in [0.2, 0.25) is 5.91 Å². The fourth-order valence-corrected chi connectivity index (χ4v) is 1.29. The van der Waals surface area contributed by atoms with Crippen LogP contribution in [-0.4, -0.2) is 29.6 Å². The molecule has 0 aromatic rings. The lowest BCUT2D eigenvalue weighted by molar-refractivity contribution is -0.131. The van der Waals surface area contributed by atoms with Crippen LogP contribution in [0.1, 0.15) is 26.7 Å². The lowest BCUT2D eigenvalue weighted by Gasteiger charge is -2.33. The van der Waals surface area contributed by atoms with Gasteiger partial charge in [-0.05, 0) is 19.8 Å². The average molecular weight is 159 g/mol. The predicted octanol–water partition coefficient (Wildman–Crippen LogP) is 1.36. The average Bonchev–Trinajstić information content (AvgIpc) is 1.86. The van der Waals surface area contributed by atoms with Crippen molar-refractivity contribution >= 4 is 5.91 Å². The maximum atomic E-state index is 13.2. The van der Waals surface area contributed by atoms with Crippen LogP contribution in [0.5, 0.6) is 0 Å². The van der Waals surface area contributed by atoms with E-state index < -0.39 is 5.67 Å². The van der Waals surface area contributed by atoms with Crippen molar-refractivity contribution in [3.05, 3.63) is 0 Å². The van der Waals surface area contributed by atoms with Gasteiger partial charge in [0.05, 0.1) is 0 Å². The molecule has 0 N–H and O–H groups in total. The van der Waals surface area contributed by atoms with Crippen molar-refractivity contribution in [2.75, 3.05) is 13.1 Å². The number of hydrogen-bond acceptors (Lipinski definition) is 1. The van der Waals surface area contributed by atoms with Crippen LogP contribution in [0.15, 0.2) is 0 Å². The third-order valence-electron chi connectivity index (χ3n) is 2.25. The molecule has 11 heavy (non-hydrogen) atoms. The number of likely N-dealkylation sites (tertiary alicyclic amines) is 1. The van der Waals surface area contributed by atoms with Crippen molar-refractivity contribution in [3.8, 4) is 0 Å². The summed E-state index contributed by atoms with van der Waals surface area (Å²) in [4.78, 5) is 12.5. The number of carbonyl (C=O) groups excluding carboxylic acids is 1. The first kappa shape index (κ1) is 8.50. The van der Waals surface area contributed by atoms with Gasteiger partial charge < -0.3 is 4.90 Å². The summed E-state index contributed by atoms with van der Waals surface area (Å²) in [6, 6.07) is 0. The fourth-order valence-electron chi connectivity index (χ4n) is 1.29. The molecule has 0 atom stereocenters. The molecule has 0 radical (unpaired) electrons. The second kappa shape index (κ2) is 2.80. The van der Waals surface area contributed by atoms with E-state index in [1.165, 1.54) is 6.92 Å². The van der Waals surface area contributed by atoms with Crippen molar-refractivity contribution in [1.82, 2.24) is 4.90 Å². The molecule has 0 bridgehead atoms. The molecule has 1 rings (SSSR count). The predicted molar refractivity (Wildman–Crippen MR) is 41.0 cm³/mol. The molecule has 1 heterocycles. The second-order valence-corrected chi connectivity index (χ2v) is 3.42. The molecular formula is C8H14FNO. The van der Waals surface area contributed by atoms with E-state index in [0.29, 0.717) is 25.9 Å². The maximum Gasteiger partial charge on any atom is 0.219 e. The number of carbonyl (C=O) groups is 1. The fraction of sp³-hybridized carbons (Fsp3) is 0.875. The molecular weight excluding hydrogens is 145 g/mol. The summed E-state index contributed by atoms with van der Waals surface area (Å²) < 4.78 is 13.2. The molecule has 0 aromatic carbocycles. The van der Waals surface area contributed by atoms with Crippen molar-refractivity contribution in [3.63, 3.8) is 0 Å². The Morgan fingerprint density at radius 3 is 2.27 bits per heavy atom. The van der Waals surface area contributed by atoms with E-state index in [1.807, 2.05) is 0 Å². The number of piperidine rings is 1. The monoisotopic (exact) mass is 159 g/mol. The Bertz CT molecular complexity index is 157. The number of rotatable bonds is 0. The van der Waals surface area contributed by atoms with Crippen molar-refractivity contribution < 1.29 is 9.18 Å². The van der Waals surface area contributed by atoms with Gasteiger partial charge in [-0.3, -0.25) is 4.79 Å². The molecule has 0 spiro atoms. The number of halogens is 1. The van der Waals surface area contributed by atoms with E-state index in [-0.39, 0.29) is 5.91 Å². The second-order valence-electron chi connectivity index (χ2n) is 3.42. The molecule has 0 saturated carbocycles. The van der Waals surface area contributed by atoms with Crippen LogP contribution in [0.3, 0.4) is 0 Å². The minimum absolute atomic E-state index is 0.0560. The number of nitrogens with zero attached hydrogens (tertiary/aromatic N) is 1. The summed E-state index contributed by atoms with van der Waals surface area (Å²) in [7, 11) is 0. The zero-order chi connectivity index (χ0) is 8.48. The largest absolute Gasteiger partial charge is 0.343 e. The molecule has 0 unspecified atom stereocenters. The Balaban J connectivity index is 2.42. The van der Waals surface area contributed by atoms with Gasteiger partial charge in [-0.2, -0.15) is 0 Å². The maximum absolute atomic E-state index is 13.2. The van der Waals surface area contributed by atoms with Crippen molar-refractivity contribution in [2.24, 2.45) is 0 Å². The van der Waals surface area contributed by atoms with E-state index in [9.17, 15) is 9.18 Å². The summed E-state index contributed by atoms with van der Waals surface area (Å²) in [5.41, 5.74) is -1.05. The molecule has 2 nitrogen and oxygen atoms in total. The molecule has 1 amide bonds. The third kappa shape index (κ3) is 2.17. The molecule has 1 aliphatic rings. The molecule has 1 aliphatic heterocycles. The topological polar surface area (TPSA) is 20.3 Å². The number of hydrogen-bond donors (Lipinski definition) is 0. The molecule has 0 aromatic heterocycles. The Labute approximate surface area is 66.4 Å². The lowest BCUT2D eigenvalue weighted by atomic mass is 9.96. The van der Waals surface area contributed by atoms with Gasteiger partial charge in [-0.15, -0.1) is 0 Å². The Kier molecular flexibility index (Phi) is 2.16. The molecule has 3 heteroatoms. The van der Waals surface area contributed by atoms with E-state index in [1.54, 1.807) is 11.8 Å². The highest BCUT2D eigenvalue weighted by atomic mass is 19.1. The summed E-state index contributed by atoms with van der Waals surface area (Å²) in [5.74, 6) is 0.0560. The SMILES string of the molecule is CC(=O)N1CCC(C)(F)CC1. The molecule has 0 aliphatic carbocycles. The third-order valence-corrected chi connectivity index (χ3v) is 2.25.